The lowest BCUT2D eigenvalue weighted by Gasteiger charge is -1.99. The van der Waals surface area contributed by atoms with Crippen molar-refractivity contribution in [3.05, 3.63) is 50.9 Å². The summed E-state index contributed by atoms with van der Waals surface area (Å²) in [6, 6.07) is 10.7. The van der Waals surface area contributed by atoms with Crippen molar-refractivity contribution in [3.63, 3.8) is 0 Å². The fraction of sp³-hybridized carbons (Fsp3) is 0.0667. The van der Waals surface area contributed by atoms with Crippen LogP contribution in [-0.2, 0) is 11.2 Å². The molecule has 112 valence electrons. The third-order valence-electron chi connectivity index (χ3n) is 2.90. The number of carboxylic acid groups (broad SMARTS) is 1. The Bertz CT molecular complexity index is 826. The molecule has 4 nitrogen and oxygen atoms in total. The van der Waals surface area contributed by atoms with Gasteiger partial charge in [-0.1, -0.05) is 11.6 Å². The Morgan fingerprint density at radius 3 is 2.59 bits per heavy atom. The van der Waals surface area contributed by atoms with E-state index in [1.807, 2.05) is 12.1 Å². The second kappa shape index (κ2) is 6.24. The standard InChI is InChI=1S/C15H9BrClNO3S/c16-12-6-5-11(22-12)14-10(7-13(19)20)18-15(21-14)8-1-3-9(17)4-2-8/h1-6H,7H2,(H,19,20)/p-1. The van der Waals surface area contributed by atoms with E-state index in [0.29, 0.717) is 22.4 Å². The van der Waals surface area contributed by atoms with Crippen LogP contribution in [0.15, 0.2) is 44.6 Å². The summed E-state index contributed by atoms with van der Waals surface area (Å²) in [6.07, 6.45) is -0.304. The van der Waals surface area contributed by atoms with Crippen molar-refractivity contribution in [2.45, 2.75) is 6.42 Å². The molecule has 0 aliphatic heterocycles. The number of hydrogen-bond acceptors (Lipinski definition) is 5. The third-order valence-corrected chi connectivity index (χ3v) is 4.77. The first kappa shape index (κ1) is 15.3. The maximum Gasteiger partial charge on any atom is 0.227 e. The van der Waals surface area contributed by atoms with Crippen LogP contribution in [0.25, 0.3) is 22.1 Å². The number of nitrogens with zero attached hydrogens (tertiary/aromatic N) is 1. The fourth-order valence-electron chi connectivity index (χ4n) is 1.95. The molecule has 0 N–H and O–H groups in total. The summed E-state index contributed by atoms with van der Waals surface area (Å²) < 4.78 is 6.71. The van der Waals surface area contributed by atoms with Crippen LogP contribution in [0.2, 0.25) is 5.02 Å². The minimum atomic E-state index is -1.20. The van der Waals surface area contributed by atoms with Crippen LogP contribution < -0.4 is 5.11 Å². The number of carbonyl (C=O) groups excluding carboxylic acids is 1. The predicted molar refractivity (Wildman–Crippen MR) is 86.7 cm³/mol. The molecule has 7 heteroatoms. The van der Waals surface area contributed by atoms with Crippen LogP contribution in [0, 0.1) is 0 Å². The van der Waals surface area contributed by atoms with Crippen molar-refractivity contribution in [2.75, 3.05) is 0 Å². The summed E-state index contributed by atoms with van der Waals surface area (Å²) in [4.78, 5) is 16.0. The van der Waals surface area contributed by atoms with E-state index in [-0.39, 0.29) is 6.42 Å². The lowest BCUT2D eigenvalue weighted by molar-refractivity contribution is -0.304. The van der Waals surface area contributed by atoms with Crippen molar-refractivity contribution in [2.24, 2.45) is 0 Å². The van der Waals surface area contributed by atoms with Gasteiger partial charge >= 0.3 is 0 Å². The molecule has 2 heterocycles. The van der Waals surface area contributed by atoms with Crippen LogP contribution >= 0.6 is 38.9 Å². The largest absolute Gasteiger partial charge is 0.550 e. The molecule has 3 rings (SSSR count). The Morgan fingerprint density at radius 1 is 1.27 bits per heavy atom. The molecule has 0 fully saturated rings. The van der Waals surface area contributed by atoms with Gasteiger partial charge in [0.05, 0.1) is 14.4 Å². The first-order valence-electron chi connectivity index (χ1n) is 6.24. The summed E-state index contributed by atoms with van der Waals surface area (Å²) in [5.41, 5.74) is 1.07. The SMILES string of the molecule is O=C([O-])Cc1nc(-c2ccc(Cl)cc2)oc1-c1ccc(Br)s1. The van der Waals surface area contributed by atoms with Crippen LogP contribution in [0.5, 0.6) is 0 Å². The van der Waals surface area contributed by atoms with E-state index in [4.69, 9.17) is 16.0 Å². The summed E-state index contributed by atoms with van der Waals surface area (Å²) in [5, 5.41) is 11.5. The van der Waals surface area contributed by atoms with E-state index >= 15 is 0 Å². The summed E-state index contributed by atoms with van der Waals surface area (Å²) in [7, 11) is 0. The lowest BCUT2D eigenvalue weighted by Crippen LogP contribution is -2.24. The second-order valence-electron chi connectivity index (χ2n) is 4.45. The molecular formula is C15H8BrClNO3S-. The van der Waals surface area contributed by atoms with E-state index < -0.39 is 5.97 Å². The predicted octanol–water partition coefficient (Wildman–Crippen LogP) is 3.78. The Morgan fingerprint density at radius 2 is 2.00 bits per heavy atom. The molecule has 1 aromatic carbocycles. The highest BCUT2D eigenvalue weighted by atomic mass is 79.9. The monoisotopic (exact) mass is 396 g/mol. The molecule has 0 unspecified atom stereocenters. The molecule has 0 aliphatic carbocycles. The fourth-order valence-corrected chi connectivity index (χ4v) is 3.47. The smallest absolute Gasteiger partial charge is 0.227 e. The summed E-state index contributed by atoms with van der Waals surface area (Å²) in [6.45, 7) is 0. The molecule has 0 bridgehead atoms. The van der Waals surface area contributed by atoms with Crippen LogP contribution in [0.4, 0.5) is 0 Å². The highest BCUT2D eigenvalue weighted by molar-refractivity contribution is 9.11. The van der Waals surface area contributed by atoms with Gasteiger partial charge in [0.15, 0.2) is 5.76 Å². The third kappa shape index (κ3) is 3.24. The second-order valence-corrected chi connectivity index (χ2v) is 7.35. The first-order chi connectivity index (χ1) is 10.5. The van der Waals surface area contributed by atoms with Gasteiger partial charge in [0.1, 0.15) is 0 Å². The van der Waals surface area contributed by atoms with Crippen LogP contribution in [0.1, 0.15) is 5.69 Å². The molecule has 0 amide bonds. The summed E-state index contributed by atoms with van der Waals surface area (Å²) >= 11 is 10.7. The average Bonchev–Trinajstić information content (AvgIpc) is 3.05. The van der Waals surface area contributed by atoms with Gasteiger partial charge in [0.2, 0.25) is 5.89 Å². The first-order valence-corrected chi connectivity index (χ1v) is 8.23. The number of carboxylic acids is 1. The number of aliphatic carboxylic acids is 1. The highest BCUT2D eigenvalue weighted by Gasteiger charge is 2.18. The van der Waals surface area contributed by atoms with E-state index in [2.05, 4.69) is 20.9 Å². The molecule has 3 aromatic rings. The number of hydrogen-bond donors (Lipinski definition) is 0. The average molecular weight is 398 g/mol. The zero-order chi connectivity index (χ0) is 15.7. The van der Waals surface area contributed by atoms with Crippen molar-refractivity contribution in [1.82, 2.24) is 4.98 Å². The van der Waals surface area contributed by atoms with E-state index in [0.717, 1.165) is 14.2 Å². The van der Waals surface area contributed by atoms with Crippen molar-refractivity contribution < 1.29 is 14.3 Å². The number of carbonyl (C=O) groups is 1. The molecule has 0 saturated carbocycles. The molecule has 22 heavy (non-hydrogen) atoms. The minimum absolute atomic E-state index is 0.304. The van der Waals surface area contributed by atoms with Gasteiger partial charge in [-0.2, -0.15) is 0 Å². The zero-order valence-corrected chi connectivity index (χ0v) is 14.2. The van der Waals surface area contributed by atoms with Crippen LogP contribution in [-0.4, -0.2) is 11.0 Å². The van der Waals surface area contributed by atoms with Gasteiger partial charge < -0.3 is 14.3 Å². The molecule has 0 spiro atoms. The van der Waals surface area contributed by atoms with Gasteiger partial charge in [-0.15, -0.1) is 11.3 Å². The number of thiophene rings is 1. The molecule has 0 aliphatic rings. The van der Waals surface area contributed by atoms with E-state index in [9.17, 15) is 9.90 Å². The minimum Gasteiger partial charge on any atom is -0.550 e. The van der Waals surface area contributed by atoms with E-state index in [1.54, 1.807) is 24.3 Å². The maximum absolute atomic E-state index is 10.9. The highest BCUT2D eigenvalue weighted by Crippen LogP contribution is 2.36. The molecule has 2 aromatic heterocycles. The van der Waals surface area contributed by atoms with Crippen molar-refractivity contribution in [1.29, 1.82) is 0 Å². The number of aromatic nitrogens is 1. The van der Waals surface area contributed by atoms with Crippen molar-refractivity contribution in [3.8, 4) is 22.1 Å². The Labute approximate surface area is 143 Å². The zero-order valence-electron chi connectivity index (χ0n) is 11.0. The van der Waals surface area contributed by atoms with Gasteiger partial charge in [-0.05, 0) is 52.3 Å². The number of oxazole rings is 1. The van der Waals surface area contributed by atoms with Gasteiger partial charge in [0.25, 0.3) is 0 Å². The van der Waals surface area contributed by atoms with Gasteiger partial charge in [-0.3, -0.25) is 0 Å². The molecular weight excluding hydrogens is 390 g/mol. The van der Waals surface area contributed by atoms with Gasteiger partial charge in [-0.25, -0.2) is 4.98 Å². The summed E-state index contributed by atoms with van der Waals surface area (Å²) in [5.74, 6) is -0.398. The van der Waals surface area contributed by atoms with Crippen molar-refractivity contribution >= 4 is 44.8 Å². The quantitative estimate of drug-likeness (QED) is 0.672. The molecule has 0 saturated heterocycles. The maximum atomic E-state index is 10.9. The topological polar surface area (TPSA) is 66.2 Å². The van der Waals surface area contributed by atoms with Crippen LogP contribution in [0.3, 0.4) is 0 Å². The Kier molecular flexibility index (Phi) is 4.33. The molecule has 0 atom stereocenters. The Balaban J connectivity index is 2.07. The lowest BCUT2D eigenvalue weighted by atomic mass is 10.2. The normalized spacial score (nSPS) is 10.8. The number of rotatable bonds is 4. The van der Waals surface area contributed by atoms with E-state index in [1.165, 1.54) is 11.3 Å². The number of benzene rings is 1. The Hall–Kier alpha value is -1.63. The number of halogens is 2. The van der Waals surface area contributed by atoms with Gasteiger partial charge in [0, 0.05) is 23.0 Å². The molecule has 0 radical (unpaired) electrons.